The molecule has 0 aliphatic rings. The zero-order valence-electron chi connectivity index (χ0n) is 8.30. The van der Waals surface area contributed by atoms with E-state index in [0.717, 1.165) is 0 Å². The first-order chi connectivity index (χ1) is 7.38. The van der Waals surface area contributed by atoms with Crippen LogP contribution in [0.4, 0.5) is 18.0 Å². The van der Waals surface area contributed by atoms with Gasteiger partial charge in [0.15, 0.2) is 0 Å². The Balaban J connectivity index is 2.35. The Labute approximate surface area is 88.6 Å². The maximum absolute atomic E-state index is 11.8. The molecular formula is C7H10F3N5O. The van der Waals surface area contributed by atoms with Crippen molar-refractivity contribution >= 4 is 6.03 Å². The molecule has 9 heteroatoms. The normalized spacial score (nSPS) is 13.2. The van der Waals surface area contributed by atoms with Crippen LogP contribution in [0, 0.1) is 0 Å². The van der Waals surface area contributed by atoms with Gasteiger partial charge in [-0.2, -0.15) is 18.3 Å². The molecule has 1 atom stereocenters. The number of aromatic nitrogens is 3. The van der Waals surface area contributed by atoms with E-state index in [9.17, 15) is 18.0 Å². The van der Waals surface area contributed by atoms with Crippen molar-refractivity contribution in [3.63, 3.8) is 0 Å². The second-order valence-corrected chi connectivity index (χ2v) is 3.03. The van der Waals surface area contributed by atoms with Crippen molar-refractivity contribution in [1.82, 2.24) is 25.8 Å². The van der Waals surface area contributed by atoms with Gasteiger partial charge in [0.25, 0.3) is 0 Å². The fourth-order valence-corrected chi connectivity index (χ4v) is 0.920. The van der Waals surface area contributed by atoms with Crippen LogP contribution in [0.1, 0.15) is 18.8 Å². The number of hydrogen-bond donors (Lipinski definition) is 3. The van der Waals surface area contributed by atoms with E-state index in [0.29, 0.717) is 5.82 Å². The lowest BCUT2D eigenvalue weighted by molar-refractivity contribution is -0.122. The highest BCUT2D eigenvalue weighted by molar-refractivity contribution is 5.74. The molecule has 1 aromatic heterocycles. The van der Waals surface area contributed by atoms with Crippen molar-refractivity contribution in [1.29, 1.82) is 0 Å². The first-order valence-electron chi connectivity index (χ1n) is 4.35. The molecule has 2 amide bonds. The summed E-state index contributed by atoms with van der Waals surface area (Å²) < 4.78 is 35.3. The van der Waals surface area contributed by atoms with Gasteiger partial charge in [-0.25, -0.2) is 9.78 Å². The second-order valence-electron chi connectivity index (χ2n) is 3.03. The smallest absolute Gasteiger partial charge is 0.329 e. The van der Waals surface area contributed by atoms with E-state index in [1.54, 1.807) is 12.2 Å². The molecule has 0 fully saturated rings. The molecule has 1 unspecified atom stereocenters. The van der Waals surface area contributed by atoms with Gasteiger partial charge in [0.2, 0.25) is 0 Å². The van der Waals surface area contributed by atoms with Crippen molar-refractivity contribution in [2.75, 3.05) is 6.54 Å². The number of aromatic amines is 1. The van der Waals surface area contributed by atoms with Gasteiger partial charge in [-0.15, -0.1) is 0 Å². The number of nitrogens with zero attached hydrogens (tertiary/aromatic N) is 2. The fourth-order valence-electron chi connectivity index (χ4n) is 0.920. The summed E-state index contributed by atoms with van der Waals surface area (Å²) in [5, 5.41) is 9.99. The Morgan fingerprint density at radius 1 is 1.62 bits per heavy atom. The van der Waals surface area contributed by atoms with Crippen molar-refractivity contribution in [3.05, 3.63) is 12.2 Å². The van der Waals surface area contributed by atoms with Crippen LogP contribution in [0.3, 0.4) is 0 Å². The van der Waals surface area contributed by atoms with Crippen LogP contribution >= 0.6 is 0 Å². The molecular weight excluding hydrogens is 227 g/mol. The first kappa shape index (κ1) is 12.3. The third-order valence-corrected chi connectivity index (χ3v) is 1.64. The van der Waals surface area contributed by atoms with E-state index < -0.39 is 24.8 Å². The average Bonchev–Trinajstić information content (AvgIpc) is 2.66. The predicted molar refractivity (Wildman–Crippen MR) is 47.4 cm³/mol. The van der Waals surface area contributed by atoms with Gasteiger partial charge in [0.05, 0.1) is 6.04 Å². The minimum absolute atomic E-state index is 0.363. The molecule has 0 spiro atoms. The Morgan fingerprint density at radius 3 is 2.81 bits per heavy atom. The first-order valence-corrected chi connectivity index (χ1v) is 4.35. The van der Waals surface area contributed by atoms with Crippen LogP contribution in [0.25, 0.3) is 0 Å². The third-order valence-electron chi connectivity index (χ3n) is 1.64. The second kappa shape index (κ2) is 4.81. The summed E-state index contributed by atoms with van der Waals surface area (Å²) in [5.74, 6) is 0.363. The maximum atomic E-state index is 11.8. The summed E-state index contributed by atoms with van der Waals surface area (Å²) in [6, 6.07) is -1.46. The van der Waals surface area contributed by atoms with Gasteiger partial charge in [0.1, 0.15) is 18.7 Å². The number of carbonyl (C=O) groups is 1. The van der Waals surface area contributed by atoms with Crippen molar-refractivity contribution in [2.45, 2.75) is 19.1 Å². The zero-order valence-corrected chi connectivity index (χ0v) is 8.30. The van der Waals surface area contributed by atoms with Gasteiger partial charge in [-0.1, -0.05) is 0 Å². The number of urea groups is 1. The Kier molecular flexibility index (Phi) is 3.69. The Morgan fingerprint density at radius 2 is 2.31 bits per heavy atom. The van der Waals surface area contributed by atoms with Gasteiger partial charge in [-0.05, 0) is 6.92 Å². The molecule has 0 aliphatic heterocycles. The minimum atomic E-state index is -4.42. The molecule has 16 heavy (non-hydrogen) atoms. The Hall–Kier alpha value is -1.80. The summed E-state index contributed by atoms with van der Waals surface area (Å²) in [6.45, 7) is 0.190. The molecule has 3 N–H and O–H groups in total. The average molecular weight is 237 g/mol. The maximum Gasteiger partial charge on any atom is 0.405 e. The number of alkyl halides is 3. The molecule has 1 aromatic rings. The number of nitrogens with one attached hydrogen (secondary N) is 3. The molecule has 0 saturated carbocycles. The van der Waals surface area contributed by atoms with E-state index >= 15 is 0 Å². The molecule has 0 radical (unpaired) electrons. The molecule has 1 heterocycles. The van der Waals surface area contributed by atoms with Crippen molar-refractivity contribution < 1.29 is 18.0 Å². The fraction of sp³-hybridized carbons (Fsp3) is 0.571. The van der Waals surface area contributed by atoms with Crippen LogP contribution in [0.2, 0.25) is 0 Å². The lowest BCUT2D eigenvalue weighted by Crippen LogP contribution is -2.41. The largest absolute Gasteiger partial charge is 0.405 e. The van der Waals surface area contributed by atoms with E-state index in [2.05, 4.69) is 20.5 Å². The lowest BCUT2D eigenvalue weighted by atomic mass is 10.3. The molecule has 0 bridgehead atoms. The van der Waals surface area contributed by atoms with Gasteiger partial charge >= 0.3 is 12.2 Å². The SMILES string of the molecule is CC(NC(=O)NCC(F)(F)F)c1ncn[nH]1. The summed E-state index contributed by atoms with van der Waals surface area (Å²) in [7, 11) is 0. The molecule has 90 valence electrons. The highest BCUT2D eigenvalue weighted by Gasteiger charge is 2.28. The molecule has 0 aliphatic carbocycles. The lowest BCUT2D eigenvalue weighted by Gasteiger charge is -2.13. The van der Waals surface area contributed by atoms with Crippen LogP contribution in [0.15, 0.2) is 6.33 Å². The Bertz CT molecular complexity index is 336. The third kappa shape index (κ3) is 4.15. The van der Waals surface area contributed by atoms with E-state index in [1.807, 2.05) is 0 Å². The van der Waals surface area contributed by atoms with Crippen molar-refractivity contribution in [3.8, 4) is 0 Å². The number of carbonyl (C=O) groups excluding carboxylic acids is 1. The quantitative estimate of drug-likeness (QED) is 0.724. The molecule has 1 rings (SSSR count). The molecule has 6 nitrogen and oxygen atoms in total. The summed E-state index contributed by atoms with van der Waals surface area (Å²) in [4.78, 5) is 14.8. The zero-order chi connectivity index (χ0) is 12.2. The molecule has 0 aromatic carbocycles. The number of rotatable bonds is 3. The highest BCUT2D eigenvalue weighted by Crippen LogP contribution is 2.12. The van der Waals surface area contributed by atoms with E-state index in [4.69, 9.17) is 0 Å². The van der Waals surface area contributed by atoms with Crippen LogP contribution in [-0.2, 0) is 0 Å². The number of halogens is 3. The molecule has 0 saturated heterocycles. The topological polar surface area (TPSA) is 82.7 Å². The van der Waals surface area contributed by atoms with Gasteiger partial charge in [-0.3, -0.25) is 5.10 Å². The monoisotopic (exact) mass is 237 g/mol. The van der Waals surface area contributed by atoms with E-state index in [-0.39, 0.29) is 0 Å². The van der Waals surface area contributed by atoms with Crippen LogP contribution in [0.5, 0.6) is 0 Å². The van der Waals surface area contributed by atoms with Crippen molar-refractivity contribution in [2.24, 2.45) is 0 Å². The summed E-state index contributed by atoms with van der Waals surface area (Å²) >= 11 is 0. The summed E-state index contributed by atoms with van der Waals surface area (Å²) in [6.07, 6.45) is -3.19. The summed E-state index contributed by atoms with van der Waals surface area (Å²) in [5.41, 5.74) is 0. The van der Waals surface area contributed by atoms with Gasteiger partial charge < -0.3 is 10.6 Å². The number of hydrogen-bond acceptors (Lipinski definition) is 3. The minimum Gasteiger partial charge on any atom is -0.329 e. The van der Waals surface area contributed by atoms with Crippen LogP contribution in [-0.4, -0.2) is 33.9 Å². The van der Waals surface area contributed by atoms with Gasteiger partial charge in [0, 0.05) is 0 Å². The highest BCUT2D eigenvalue weighted by atomic mass is 19.4. The number of amides is 2. The predicted octanol–water partition coefficient (Wildman–Crippen LogP) is 0.727. The number of H-pyrrole nitrogens is 1. The van der Waals surface area contributed by atoms with Crippen LogP contribution < -0.4 is 10.6 Å². The standard InChI is InChI=1S/C7H10F3N5O/c1-4(5-12-3-13-15-5)14-6(16)11-2-7(8,9)10/h3-4H,2H2,1H3,(H2,11,14,16)(H,12,13,15). The van der Waals surface area contributed by atoms with E-state index in [1.165, 1.54) is 6.33 Å².